The number of hydrogen-bond donors (Lipinski definition) is 1. The molecule has 0 unspecified atom stereocenters. The van der Waals surface area contributed by atoms with Crippen molar-refractivity contribution in [1.82, 2.24) is 15.2 Å². The van der Waals surface area contributed by atoms with Gasteiger partial charge in [-0.2, -0.15) is 0 Å². The molecule has 0 bridgehead atoms. The van der Waals surface area contributed by atoms with E-state index in [-0.39, 0.29) is 5.91 Å². The van der Waals surface area contributed by atoms with Crippen molar-refractivity contribution in [1.29, 1.82) is 0 Å². The minimum absolute atomic E-state index is 0.0536. The molecule has 0 spiro atoms. The van der Waals surface area contributed by atoms with Gasteiger partial charge in [-0.3, -0.25) is 4.79 Å². The highest BCUT2D eigenvalue weighted by Gasteiger charge is 2.17. The zero-order valence-electron chi connectivity index (χ0n) is 16.2. The Bertz CT molecular complexity index is 739. The molecule has 0 saturated carbocycles. The maximum Gasteiger partial charge on any atom is 0.226 e. The van der Waals surface area contributed by atoms with Crippen LogP contribution in [0.15, 0.2) is 29.6 Å². The van der Waals surface area contributed by atoms with E-state index in [1.807, 2.05) is 36.6 Å². The van der Waals surface area contributed by atoms with Gasteiger partial charge in [-0.1, -0.05) is 12.1 Å². The van der Waals surface area contributed by atoms with E-state index >= 15 is 0 Å². The number of nitrogens with zero attached hydrogens (tertiary/aromatic N) is 2. The van der Waals surface area contributed by atoms with E-state index in [1.165, 1.54) is 25.9 Å². The first-order valence-corrected chi connectivity index (χ1v) is 10.7. The van der Waals surface area contributed by atoms with Crippen molar-refractivity contribution >= 4 is 17.2 Å². The molecule has 6 heteroatoms. The zero-order valence-corrected chi connectivity index (χ0v) is 17.1. The van der Waals surface area contributed by atoms with Crippen LogP contribution in [0.1, 0.15) is 31.9 Å². The molecule has 1 fully saturated rings. The summed E-state index contributed by atoms with van der Waals surface area (Å²) in [6, 6.07) is 7.90. The number of thiazole rings is 1. The number of nitrogens with one attached hydrogen (secondary N) is 1. The van der Waals surface area contributed by atoms with Gasteiger partial charge < -0.3 is 15.0 Å². The molecular weight excluding hydrogens is 358 g/mol. The fraction of sp³-hybridized carbons (Fsp3) is 0.524. The third-order valence-corrected chi connectivity index (χ3v) is 5.95. The number of carbonyl (C=O) groups is 1. The Labute approximate surface area is 165 Å². The van der Waals surface area contributed by atoms with Gasteiger partial charge in [0, 0.05) is 11.9 Å². The summed E-state index contributed by atoms with van der Waals surface area (Å²) in [6.45, 7) is 5.69. The lowest BCUT2D eigenvalue weighted by molar-refractivity contribution is -0.120. The summed E-state index contributed by atoms with van der Waals surface area (Å²) in [7, 11) is 2.17. The average Bonchev–Trinajstić information content (AvgIpc) is 3.12. The Morgan fingerprint density at radius 1 is 1.33 bits per heavy atom. The maximum absolute atomic E-state index is 12.2. The molecular formula is C21H29N3O2S. The van der Waals surface area contributed by atoms with Gasteiger partial charge in [0.05, 0.1) is 24.3 Å². The molecule has 1 N–H and O–H groups in total. The van der Waals surface area contributed by atoms with Crippen molar-refractivity contribution in [2.24, 2.45) is 5.92 Å². The van der Waals surface area contributed by atoms with Crippen LogP contribution in [-0.2, 0) is 11.2 Å². The number of benzene rings is 1. The van der Waals surface area contributed by atoms with Crippen molar-refractivity contribution in [3.05, 3.63) is 35.3 Å². The highest BCUT2D eigenvalue weighted by atomic mass is 32.1. The van der Waals surface area contributed by atoms with E-state index in [4.69, 9.17) is 4.74 Å². The minimum Gasteiger partial charge on any atom is -0.493 e. The highest BCUT2D eigenvalue weighted by Crippen LogP contribution is 2.32. The van der Waals surface area contributed by atoms with E-state index in [9.17, 15) is 4.79 Å². The number of rotatable bonds is 8. The lowest BCUT2D eigenvalue weighted by Gasteiger charge is -2.28. The molecule has 1 aliphatic rings. The first kappa shape index (κ1) is 19.8. The van der Waals surface area contributed by atoms with E-state index < -0.39 is 0 Å². The van der Waals surface area contributed by atoms with E-state index in [0.29, 0.717) is 13.0 Å². The minimum atomic E-state index is 0.0536. The summed E-state index contributed by atoms with van der Waals surface area (Å²) >= 11 is 1.56. The summed E-state index contributed by atoms with van der Waals surface area (Å²) in [5.74, 6) is 1.63. The van der Waals surface area contributed by atoms with Crippen molar-refractivity contribution in [3.63, 3.8) is 0 Å². The molecule has 1 aromatic heterocycles. The summed E-state index contributed by atoms with van der Waals surface area (Å²) in [6.07, 6.45) is 3.88. The predicted octanol–water partition coefficient (Wildman–Crippen LogP) is 3.60. The SMILES string of the molecule is CCOc1ccccc1-c1nc(CC(=O)NCCC2CCN(C)CC2)cs1. The Balaban J connectivity index is 1.48. The third-order valence-electron chi connectivity index (χ3n) is 5.02. The van der Waals surface area contributed by atoms with Gasteiger partial charge in [0.2, 0.25) is 5.91 Å². The topological polar surface area (TPSA) is 54.5 Å². The number of para-hydroxylation sites is 1. The zero-order chi connectivity index (χ0) is 19.1. The molecule has 3 rings (SSSR count). The van der Waals surface area contributed by atoms with Gasteiger partial charge >= 0.3 is 0 Å². The van der Waals surface area contributed by atoms with Crippen molar-refractivity contribution in [3.8, 4) is 16.3 Å². The van der Waals surface area contributed by atoms with Gasteiger partial charge in [-0.25, -0.2) is 4.98 Å². The van der Waals surface area contributed by atoms with Crippen LogP contribution in [-0.4, -0.2) is 49.1 Å². The third kappa shape index (κ3) is 5.78. The van der Waals surface area contributed by atoms with E-state index in [1.54, 1.807) is 11.3 Å². The molecule has 0 radical (unpaired) electrons. The number of aromatic nitrogens is 1. The van der Waals surface area contributed by atoms with Crippen molar-refractivity contribution < 1.29 is 9.53 Å². The van der Waals surface area contributed by atoms with Gasteiger partial charge in [0.25, 0.3) is 0 Å². The molecule has 146 valence electrons. The van der Waals surface area contributed by atoms with Crippen LogP contribution in [0, 0.1) is 5.92 Å². The second-order valence-corrected chi connectivity index (χ2v) is 7.99. The molecule has 1 aromatic carbocycles. The number of carbonyl (C=O) groups excluding carboxylic acids is 1. The number of ether oxygens (including phenoxy) is 1. The molecule has 27 heavy (non-hydrogen) atoms. The van der Waals surface area contributed by atoms with Crippen LogP contribution in [0.2, 0.25) is 0 Å². The molecule has 2 aromatic rings. The van der Waals surface area contributed by atoms with Crippen molar-refractivity contribution in [2.75, 3.05) is 33.3 Å². The summed E-state index contributed by atoms with van der Waals surface area (Å²) in [5, 5.41) is 5.92. The summed E-state index contributed by atoms with van der Waals surface area (Å²) in [5.41, 5.74) is 1.80. The number of hydrogen-bond acceptors (Lipinski definition) is 5. The molecule has 0 atom stereocenters. The van der Waals surface area contributed by atoms with Gasteiger partial charge in [0.1, 0.15) is 10.8 Å². The number of piperidine rings is 1. The fourth-order valence-corrected chi connectivity index (χ4v) is 4.28. The van der Waals surface area contributed by atoms with E-state index in [0.717, 1.165) is 40.9 Å². The Hall–Kier alpha value is -1.92. The van der Waals surface area contributed by atoms with Crippen LogP contribution < -0.4 is 10.1 Å². The Morgan fingerprint density at radius 3 is 2.89 bits per heavy atom. The Morgan fingerprint density at radius 2 is 2.11 bits per heavy atom. The van der Waals surface area contributed by atoms with Crippen LogP contribution in [0.3, 0.4) is 0 Å². The van der Waals surface area contributed by atoms with Crippen molar-refractivity contribution in [2.45, 2.75) is 32.6 Å². The standard InChI is InChI=1S/C21H29N3O2S/c1-3-26-19-7-5-4-6-18(19)21-23-17(15-27-21)14-20(25)22-11-8-16-9-12-24(2)13-10-16/h4-7,15-16H,3,8-14H2,1-2H3,(H,22,25). The first-order chi connectivity index (χ1) is 13.2. The van der Waals surface area contributed by atoms with E-state index in [2.05, 4.69) is 22.2 Å². The molecule has 1 saturated heterocycles. The summed E-state index contributed by atoms with van der Waals surface area (Å²) < 4.78 is 5.68. The second kappa shape index (κ2) is 9.85. The van der Waals surface area contributed by atoms with Crippen LogP contribution in [0.25, 0.3) is 10.6 Å². The maximum atomic E-state index is 12.2. The van der Waals surface area contributed by atoms with Crippen LogP contribution in [0.4, 0.5) is 0 Å². The molecule has 2 heterocycles. The number of likely N-dealkylation sites (tertiary alicyclic amines) is 1. The fourth-order valence-electron chi connectivity index (χ4n) is 3.43. The quantitative estimate of drug-likeness (QED) is 0.752. The van der Waals surface area contributed by atoms with Crippen LogP contribution in [0.5, 0.6) is 5.75 Å². The largest absolute Gasteiger partial charge is 0.493 e. The first-order valence-electron chi connectivity index (χ1n) is 9.77. The lowest BCUT2D eigenvalue weighted by atomic mass is 9.94. The molecule has 5 nitrogen and oxygen atoms in total. The monoisotopic (exact) mass is 387 g/mol. The van der Waals surface area contributed by atoms with Gasteiger partial charge in [0.15, 0.2) is 0 Å². The average molecular weight is 388 g/mol. The van der Waals surface area contributed by atoms with Crippen LogP contribution >= 0.6 is 11.3 Å². The molecule has 1 aliphatic heterocycles. The number of amides is 1. The normalized spacial score (nSPS) is 15.6. The molecule has 1 amide bonds. The second-order valence-electron chi connectivity index (χ2n) is 7.14. The lowest BCUT2D eigenvalue weighted by Crippen LogP contribution is -2.33. The summed E-state index contributed by atoms with van der Waals surface area (Å²) in [4.78, 5) is 19.3. The smallest absolute Gasteiger partial charge is 0.226 e. The molecule has 0 aliphatic carbocycles. The predicted molar refractivity (Wildman–Crippen MR) is 110 cm³/mol. The Kier molecular flexibility index (Phi) is 7.24. The van der Waals surface area contributed by atoms with Gasteiger partial charge in [-0.05, 0) is 64.4 Å². The highest BCUT2D eigenvalue weighted by molar-refractivity contribution is 7.13. The van der Waals surface area contributed by atoms with Gasteiger partial charge in [-0.15, -0.1) is 11.3 Å².